The molecule has 1 rings (SSSR count). The minimum Gasteiger partial charge on any atom is -0.543 e. The minimum absolute atomic E-state index is 0.124. The van der Waals surface area contributed by atoms with Crippen molar-refractivity contribution in [3.8, 4) is 5.75 Å². The third kappa shape index (κ3) is 4.21. The summed E-state index contributed by atoms with van der Waals surface area (Å²) in [7, 11) is -0.525. The van der Waals surface area contributed by atoms with E-state index in [9.17, 15) is 4.79 Å². The summed E-state index contributed by atoms with van der Waals surface area (Å²) in [6, 6.07) is 5.45. The van der Waals surface area contributed by atoms with Gasteiger partial charge >= 0.3 is 5.97 Å². The summed E-state index contributed by atoms with van der Waals surface area (Å²) in [6.07, 6.45) is 2.48. The van der Waals surface area contributed by atoms with E-state index in [4.69, 9.17) is 9.16 Å². The Balaban J connectivity index is 3.18. The fourth-order valence-corrected chi connectivity index (χ4v) is 2.72. The number of esters is 1. The average Bonchev–Trinajstić information content (AvgIpc) is 2.38. The standard InChI is InChI=1S/C17H26O3Si/c1-8-9-13-12-14(16(18)19-5)10-11-15(13)20-21(6,7)17(2,3)4/h8,10-12H,1,9H2,2-7H3. The fourth-order valence-electron chi connectivity index (χ4n) is 1.67. The van der Waals surface area contributed by atoms with E-state index in [0.29, 0.717) is 12.0 Å². The van der Waals surface area contributed by atoms with Crippen LogP contribution in [0.25, 0.3) is 0 Å². The maximum Gasteiger partial charge on any atom is 0.337 e. The van der Waals surface area contributed by atoms with E-state index in [-0.39, 0.29) is 11.0 Å². The van der Waals surface area contributed by atoms with Crippen LogP contribution in [0.1, 0.15) is 36.7 Å². The van der Waals surface area contributed by atoms with Crippen molar-refractivity contribution in [2.75, 3.05) is 7.11 Å². The third-order valence-corrected chi connectivity index (χ3v) is 8.36. The summed E-state index contributed by atoms with van der Waals surface area (Å²) in [5.41, 5.74) is 1.51. The molecule has 21 heavy (non-hydrogen) atoms. The van der Waals surface area contributed by atoms with Crippen molar-refractivity contribution >= 4 is 14.3 Å². The molecule has 0 bridgehead atoms. The van der Waals surface area contributed by atoms with Gasteiger partial charge in [-0.1, -0.05) is 26.8 Å². The smallest absolute Gasteiger partial charge is 0.337 e. The van der Waals surface area contributed by atoms with E-state index >= 15 is 0 Å². The molecule has 0 radical (unpaired) electrons. The predicted octanol–water partition coefficient (Wildman–Crippen LogP) is 4.59. The van der Waals surface area contributed by atoms with Gasteiger partial charge < -0.3 is 9.16 Å². The number of ether oxygens (including phenoxy) is 1. The van der Waals surface area contributed by atoms with Crippen LogP contribution < -0.4 is 4.43 Å². The van der Waals surface area contributed by atoms with Crippen LogP contribution >= 0.6 is 0 Å². The van der Waals surface area contributed by atoms with E-state index in [2.05, 4.69) is 40.4 Å². The number of carbonyl (C=O) groups is 1. The quantitative estimate of drug-likeness (QED) is 0.453. The molecule has 0 heterocycles. The van der Waals surface area contributed by atoms with Gasteiger partial charge in [0.25, 0.3) is 0 Å². The lowest BCUT2D eigenvalue weighted by Crippen LogP contribution is -2.44. The summed E-state index contributed by atoms with van der Waals surface area (Å²) >= 11 is 0. The molecule has 116 valence electrons. The van der Waals surface area contributed by atoms with Crippen molar-refractivity contribution < 1.29 is 14.0 Å². The van der Waals surface area contributed by atoms with Gasteiger partial charge in [-0.3, -0.25) is 0 Å². The molecule has 0 saturated carbocycles. The molecule has 1 aromatic rings. The molecule has 0 aliphatic carbocycles. The Morgan fingerprint density at radius 3 is 2.43 bits per heavy atom. The van der Waals surface area contributed by atoms with E-state index < -0.39 is 8.32 Å². The molecular formula is C17H26O3Si. The summed E-state index contributed by atoms with van der Waals surface area (Å²) < 4.78 is 11.1. The molecule has 0 aliphatic rings. The van der Waals surface area contributed by atoms with Gasteiger partial charge in [0.15, 0.2) is 0 Å². The Bertz CT molecular complexity index is 527. The zero-order valence-electron chi connectivity index (χ0n) is 13.9. The van der Waals surface area contributed by atoms with Gasteiger partial charge in [-0.05, 0) is 48.3 Å². The van der Waals surface area contributed by atoms with Gasteiger partial charge in [-0.15, -0.1) is 6.58 Å². The van der Waals surface area contributed by atoms with Crippen LogP contribution in [0.3, 0.4) is 0 Å². The van der Waals surface area contributed by atoms with Gasteiger partial charge in [-0.2, -0.15) is 0 Å². The van der Waals surface area contributed by atoms with E-state index in [0.717, 1.165) is 11.3 Å². The zero-order valence-corrected chi connectivity index (χ0v) is 14.9. The lowest BCUT2D eigenvalue weighted by atomic mass is 10.1. The topological polar surface area (TPSA) is 35.5 Å². The molecule has 0 aliphatic heterocycles. The Morgan fingerprint density at radius 1 is 1.33 bits per heavy atom. The first-order valence-corrected chi connectivity index (χ1v) is 10.0. The summed E-state index contributed by atoms with van der Waals surface area (Å²) in [4.78, 5) is 11.6. The Kier molecular flexibility index (Phi) is 5.40. The SMILES string of the molecule is C=CCc1cc(C(=O)OC)ccc1O[Si](C)(C)C(C)(C)C. The molecule has 0 amide bonds. The van der Waals surface area contributed by atoms with Gasteiger partial charge in [0.1, 0.15) is 5.75 Å². The molecule has 0 aromatic heterocycles. The van der Waals surface area contributed by atoms with Gasteiger partial charge in [0.05, 0.1) is 12.7 Å². The van der Waals surface area contributed by atoms with Crippen LogP contribution in [0.2, 0.25) is 18.1 Å². The summed E-state index contributed by atoms with van der Waals surface area (Å²) in [6.45, 7) is 14.8. The largest absolute Gasteiger partial charge is 0.543 e. The normalized spacial score (nSPS) is 11.9. The predicted molar refractivity (Wildman–Crippen MR) is 89.5 cm³/mol. The molecule has 0 atom stereocenters. The van der Waals surface area contributed by atoms with E-state index in [1.54, 1.807) is 6.07 Å². The number of carbonyl (C=O) groups excluding carboxylic acids is 1. The molecule has 0 N–H and O–H groups in total. The molecule has 3 nitrogen and oxygen atoms in total. The third-order valence-electron chi connectivity index (χ3n) is 4.02. The lowest BCUT2D eigenvalue weighted by molar-refractivity contribution is 0.0600. The lowest BCUT2D eigenvalue weighted by Gasteiger charge is -2.37. The maximum absolute atomic E-state index is 11.6. The van der Waals surface area contributed by atoms with Crippen LogP contribution in [-0.2, 0) is 11.2 Å². The van der Waals surface area contributed by atoms with Crippen molar-refractivity contribution in [2.24, 2.45) is 0 Å². The Hall–Kier alpha value is -1.55. The second-order valence-electron chi connectivity index (χ2n) is 6.67. The first kappa shape index (κ1) is 17.5. The van der Waals surface area contributed by atoms with E-state index in [1.807, 2.05) is 18.2 Å². The minimum atomic E-state index is -1.91. The highest BCUT2D eigenvalue weighted by Crippen LogP contribution is 2.38. The number of hydrogen-bond donors (Lipinski definition) is 0. The van der Waals surface area contributed by atoms with Crippen LogP contribution in [0.5, 0.6) is 5.75 Å². The molecule has 0 spiro atoms. The van der Waals surface area contributed by atoms with Crippen molar-refractivity contribution in [1.29, 1.82) is 0 Å². The fraction of sp³-hybridized carbons (Fsp3) is 0.471. The van der Waals surface area contributed by atoms with Gasteiger partial charge in [0.2, 0.25) is 8.32 Å². The first-order valence-electron chi connectivity index (χ1n) is 7.13. The molecular weight excluding hydrogens is 280 g/mol. The molecule has 1 aromatic carbocycles. The van der Waals surface area contributed by atoms with Crippen LogP contribution in [-0.4, -0.2) is 21.4 Å². The Labute approximate surface area is 129 Å². The van der Waals surface area contributed by atoms with Crippen LogP contribution in [0.15, 0.2) is 30.9 Å². The number of rotatable bonds is 5. The number of benzene rings is 1. The molecule has 4 heteroatoms. The van der Waals surface area contributed by atoms with Gasteiger partial charge in [0, 0.05) is 0 Å². The van der Waals surface area contributed by atoms with Crippen LogP contribution in [0, 0.1) is 0 Å². The summed E-state index contributed by atoms with van der Waals surface area (Å²) in [5.74, 6) is 0.508. The first-order chi connectivity index (χ1) is 9.62. The number of allylic oxidation sites excluding steroid dienone is 1. The van der Waals surface area contributed by atoms with Crippen LogP contribution in [0.4, 0.5) is 0 Å². The highest BCUT2D eigenvalue weighted by molar-refractivity contribution is 6.74. The van der Waals surface area contributed by atoms with Crippen molar-refractivity contribution in [3.05, 3.63) is 42.0 Å². The summed E-state index contributed by atoms with van der Waals surface area (Å²) in [5, 5.41) is 0.124. The van der Waals surface area contributed by atoms with Crippen molar-refractivity contribution in [1.82, 2.24) is 0 Å². The second-order valence-corrected chi connectivity index (χ2v) is 11.4. The monoisotopic (exact) mass is 306 g/mol. The Morgan fingerprint density at radius 2 is 1.95 bits per heavy atom. The van der Waals surface area contributed by atoms with E-state index in [1.165, 1.54) is 7.11 Å². The maximum atomic E-state index is 11.6. The highest BCUT2D eigenvalue weighted by Gasteiger charge is 2.39. The molecule has 0 unspecified atom stereocenters. The van der Waals surface area contributed by atoms with Crippen molar-refractivity contribution in [3.63, 3.8) is 0 Å². The average molecular weight is 306 g/mol. The molecule has 0 fully saturated rings. The van der Waals surface area contributed by atoms with Gasteiger partial charge in [-0.25, -0.2) is 4.79 Å². The second kappa shape index (κ2) is 6.48. The highest BCUT2D eigenvalue weighted by atomic mass is 28.4. The number of methoxy groups -OCH3 is 1. The van der Waals surface area contributed by atoms with Crippen molar-refractivity contribution in [2.45, 2.75) is 45.3 Å². The molecule has 0 saturated heterocycles. The zero-order chi connectivity index (χ0) is 16.3. The number of hydrogen-bond acceptors (Lipinski definition) is 3.